The summed E-state index contributed by atoms with van der Waals surface area (Å²) >= 11 is 1.34. The molecule has 6 nitrogen and oxygen atoms in total. The van der Waals surface area contributed by atoms with E-state index in [1.54, 1.807) is 6.07 Å². The number of nitrogens with two attached hydrogens (primary N) is 1. The van der Waals surface area contributed by atoms with Crippen molar-refractivity contribution in [3.05, 3.63) is 29.1 Å². The van der Waals surface area contributed by atoms with Gasteiger partial charge in [-0.3, -0.25) is 14.5 Å². The molecule has 2 aromatic rings. The van der Waals surface area contributed by atoms with Crippen LogP contribution in [0.25, 0.3) is 10.1 Å². The summed E-state index contributed by atoms with van der Waals surface area (Å²) in [6.45, 7) is 6.13. The third kappa shape index (κ3) is 5.46. The van der Waals surface area contributed by atoms with E-state index in [0.29, 0.717) is 23.5 Å². The number of amides is 1. The fraction of sp³-hybridized carbons (Fsp3) is 0.630. The van der Waals surface area contributed by atoms with Gasteiger partial charge in [-0.2, -0.15) is 13.2 Å². The minimum absolute atomic E-state index is 0.179. The van der Waals surface area contributed by atoms with Gasteiger partial charge in [-0.1, -0.05) is 19.4 Å². The molecule has 3 aliphatic rings. The highest BCUT2D eigenvalue weighted by Gasteiger charge is 2.50. The standard InChI is InChI=1S/C27H34F3N3O3S/c1-2-17-5-7-26(8-6-17,25(31)35)36-24(34)21-13-18(21)15-32-9-11-33(12-10-32)22-16-37-23-14-19(27(28,29)30)3-4-20(22)23/h3-4,14,16-18,21H,2,5-13,15H2,1H3,(H2,31,35). The molecule has 202 valence electrons. The molecule has 2 N–H and O–H groups in total. The van der Waals surface area contributed by atoms with Crippen molar-refractivity contribution < 1.29 is 27.5 Å². The third-order valence-electron chi connectivity index (χ3n) is 8.55. The van der Waals surface area contributed by atoms with E-state index in [2.05, 4.69) is 16.7 Å². The van der Waals surface area contributed by atoms with Crippen LogP contribution >= 0.6 is 11.3 Å². The topological polar surface area (TPSA) is 75.9 Å². The number of rotatable bonds is 7. The zero-order valence-corrected chi connectivity index (χ0v) is 21.9. The van der Waals surface area contributed by atoms with Gasteiger partial charge in [0.15, 0.2) is 5.60 Å². The lowest BCUT2D eigenvalue weighted by Gasteiger charge is -2.37. The van der Waals surface area contributed by atoms with E-state index in [4.69, 9.17) is 10.5 Å². The van der Waals surface area contributed by atoms with Crippen LogP contribution in [-0.2, 0) is 20.5 Å². The van der Waals surface area contributed by atoms with Crippen molar-refractivity contribution >= 4 is 39.0 Å². The van der Waals surface area contributed by atoms with Gasteiger partial charge >= 0.3 is 12.1 Å². The van der Waals surface area contributed by atoms with Gasteiger partial charge in [0.25, 0.3) is 5.91 Å². The molecule has 1 aliphatic heterocycles. The molecular weight excluding hydrogens is 503 g/mol. The number of piperazine rings is 1. The summed E-state index contributed by atoms with van der Waals surface area (Å²) in [4.78, 5) is 29.6. The number of halogens is 3. The van der Waals surface area contributed by atoms with E-state index in [9.17, 15) is 22.8 Å². The fourth-order valence-corrected chi connectivity index (χ4v) is 6.90. The van der Waals surface area contributed by atoms with Gasteiger partial charge in [-0.25, -0.2) is 0 Å². The molecule has 2 atom stereocenters. The first-order valence-electron chi connectivity index (χ1n) is 13.2. The second-order valence-corrected chi connectivity index (χ2v) is 11.8. The molecule has 3 fully saturated rings. The summed E-state index contributed by atoms with van der Waals surface area (Å²) in [5.41, 5.74) is 4.89. The Morgan fingerprint density at radius 3 is 2.49 bits per heavy atom. The van der Waals surface area contributed by atoms with Gasteiger partial charge in [0.2, 0.25) is 0 Å². The number of ether oxygens (including phenoxy) is 1. The third-order valence-corrected chi connectivity index (χ3v) is 9.48. The summed E-state index contributed by atoms with van der Waals surface area (Å²) in [5.74, 6) is -0.219. The number of carbonyl (C=O) groups excluding carboxylic acids is 2. The van der Waals surface area contributed by atoms with Crippen LogP contribution in [0.3, 0.4) is 0 Å². The predicted octanol–water partition coefficient (Wildman–Crippen LogP) is 5.05. The maximum atomic E-state index is 13.0. The van der Waals surface area contributed by atoms with Crippen molar-refractivity contribution in [2.75, 3.05) is 37.6 Å². The smallest absolute Gasteiger partial charge is 0.416 e. The number of alkyl halides is 3. The Bertz CT molecular complexity index is 1150. The maximum Gasteiger partial charge on any atom is 0.416 e. The first-order valence-corrected chi connectivity index (χ1v) is 14.1. The van der Waals surface area contributed by atoms with Crippen LogP contribution in [0.15, 0.2) is 23.6 Å². The molecular formula is C27H34F3N3O3S. The highest BCUT2D eigenvalue weighted by Crippen LogP contribution is 2.44. The summed E-state index contributed by atoms with van der Waals surface area (Å²) in [7, 11) is 0. The van der Waals surface area contributed by atoms with Gasteiger partial charge in [0.1, 0.15) is 0 Å². The van der Waals surface area contributed by atoms with Crippen LogP contribution in [-0.4, -0.2) is 55.1 Å². The Balaban J connectivity index is 1.12. The van der Waals surface area contributed by atoms with Crippen LogP contribution in [0, 0.1) is 17.8 Å². The van der Waals surface area contributed by atoms with Crippen molar-refractivity contribution in [1.29, 1.82) is 0 Å². The Morgan fingerprint density at radius 2 is 1.86 bits per heavy atom. The highest BCUT2D eigenvalue weighted by molar-refractivity contribution is 7.17. The Morgan fingerprint density at radius 1 is 1.16 bits per heavy atom. The fourth-order valence-electron chi connectivity index (χ4n) is 5.90. The molecule has 0 radical (unpaired) electrons. The van der Waals surface area contributed by atoms with Gasteiger partial charge in [0.05, 0.1) is 17.2 Å². The lowest BCUT2D eigenvalue weighted by atomic mass is 9.77. The van der Waals surface area contributed by atoms with Crippen LogP contribution in [0.5, 0.6) is 0 Å². The molecule has 2 aliphatic carbocycles. The average Bonchev–Trinajstić information content (AvgIpc) is 3.51. The lowest BCUT2D eigenvalue weighted by Crippen LogP contribution is -2.50. The Hall–Kier alpha value is -2.33. The maximum absolute atomic E-state index is 13.0. The normalized spacial score (nSPS) is 28.9. The number of nitrogens with zero attached hydrogens (tertiary/aromatic N) is 2. The average molecular weight is 538 g/mol. The molecule has 1 amide bonds. The number of anilines is 1. The molecule has 37 heavy (non-hydrogen) atoms. The molecule has 0 bridgehead atoms. The van der Waals surface area contributed by atoms with Gasteiger partial charge in [-0.05, 0) is 56.1 Å². The molecule has 10 heteroatoms. The van der Waals surface area contributed by atoms with E-state index in [-0.39, 0.29) is 17.8 Å². The van der Waals surface area contributed by atoms with E-state index in [0.717, 1.165) is 75.5 Å². The number of thiophene rings is 1. The largest absolute Gasteiger partial charge is 0.449 e. The Labute approximate surface area is 218 Å². The van der Waals surface area contributed by atoms with Crippen LogP contribution in [0.4, 0.5) is 18.9 Å². The molecule has 2 heterocycles. The first-order chi connectivity index (χ1) is 17.6. The van der Waals surface area contributed by atoms with Crippen molar-refractivity contribution in [1.82, 2.24) is 4.90 Å². The zero-order chi connectivity index (χ0) is 26.4. The van der Waals surface area contributed by atoms with Crippen molar-refractivity contribution in [3.63, 3.8) is 0 Å². The number of benzene rings is 1. The van der Waals surface area contributed by atoms with Crippen molar-refractivity contribution in [3.8, 4) is 0 Å². The van der Waals surface area contributed by atoms with Gasteiger partial charge < -0.3 is 15.4 Å². The number of fused-ring (bicyclic) bond motifs is 1. The number of esters is 1. The minimum atomic E-state index is -4.34. The second kappa shape index (κ2) is 10.1. The van der Waals surface area contributed by atoms with E-state index >= 15 is 0 Å². The minimum Gasteiger partial charge on any atom is -0.449 e. The first kappa shape index (κ1) is 26.3. The molecule has 2 saturated carbocycles. The SMILES string of the molecule is CCC1CCC(OC(=O)C2CC2CN2CCN(c3csc4cc(C(F)(F)F)ccc34)CC2)(C(N)=O)CC1. The quantitative estimate of drug-likeness (QED) is 0.501. The van der Waals surface area contributed by atoms with Crippen molar-refractivity contribution in [2.24, 2.45) is 23.5 Å². The number of primary amides is 1. The molecule has 5 rings (SSSR count). The van der Waals surface area contributed by atoms with Crippen LogP contribution in [0.2, 0.25) is 0 Å². The van der Waals surface area contributed by atoms with Gasteiger partial charge in [0, 0.05) is 48.2 Å². The second-order valence-electron chi connectivity index (χ2n) is 10.9. The molecule has 1 aromatic carbocycles. The summed E-state index contributed by atoms with van der Waals surface area (Å²) in [5, 5.41) is 2.79. The number of carbonyl (C=O) groups is 2. The molecule has 2 unspecified atom stereocenters. The molecule has 0 spiro atoms. The highest BCUT2D eigenvalue weighted by atomic mass is 32.1. The van der Waals surface area contributed by atoms with Crippen LogP contribution in [0.1, 0.15) is 51.0 Å². The van der Waals surface area contributed by atoms with E-state index in [1.165, 1.54) is 17.4 Å². The van der Waals surface area contributed by atoms with Crippen LogP contribution < -0.4 is 10.6 Å². The molecule has 1 aromatic heterocycles. The number of hydrogen-bond donors (Lipinski definition) is 1. The zero-order valence-electron chi connectivity index (χ0n) is 21.1. The van der Waals surface area contributed by atoms with E-state index in [1.807, 2.05) is 5.38 Å². The monoisotopic (exact) mass is 537 g/mol. The van der Waals surface area contributed by atoms with Crippen molar-refractivity contribution in [2.45, 2.75) is 57.2 Å². The van der Waals surface area contributed by atoms with E-state index < -0.39 is 23.2 Å². The molecule has 1 saturated heterocycles. The predicted molar refractivity (Wildman–Crippen MR) is 137 cm³/mol. The number of hydrogen-bond acceptors (Lipinski definition) is 6. The van der Waals surface area contributed by atoms with Gasteiger partial charge in [-0.15, -0.1) is 11.3 Å². The Kier molecular flexibility index (Phi) is 7.17. The summed E-state index contributed by atoms with van der Waals surface area (Å²) in [6, 6.07) is 3.95. The summed E-state index contributed by atoms with van der Waals surface area (Å²) in [6.07, 6.45) is 0.222. The summed E-state index contributed by atoms with van der Waals surface area (Å²) < 4.78 is 45.6. The lowest BCUT2D eigenvalue weighted by molar-refractivity contribution is -0.173.